The lowest BCUT2D eigenvalue weighted by Gasteiger charge is -2.13. The van der Waals surface area contributed by atoms with Gasteiger partial charge in [0.1, 0.15) is 12.4 Å². The molecule has 0 aliphatic carbocycles. The van der Waals surface area contributed by atoms with Crippen LogP contribution in [-0.2, 0) is 6.61 Å². The molecule has 2 aromatic carbocycles. The summed E-state index contributed by atoms with van der Waals surface area (Å²) in [6.07, 6.45) is 1.65. The Bertz CT molecular complexity index is 964. The van der Waals surface area contributed by atoms with Crippen molar-refractivity contribution in [2.24, 2.45) is 5.10 Å². The third-order valence-corrected chi connectivity index (χ3v) is 5.33. The lowest BCUT2D eigenvalue weighted by Crippen LogP contribution is -2.00. The van der Waals surface area contributed by atoms with E-state index in [1.165, 1.54) is 11.3 Å². The van der Waals surface area contributed by atoms with E-state index in [0.717, 1.165) is 15.6 Å². The van der Waals surface area contributed by atoms with E-state index in [2.05, 4.69) is 31.4 Å². The fourth-order valence-corrected chi connectivity index (χ4v) is 3.35. The topological polar surface area (TPSA) is 81.8 Å². The number of nitrogens with zero attached hydrogens (tertiary/aromatic N) is 2. The van der Waals surface area contributed by atoms with Crippen LogP contribution in [0.3, 0.4) is 0 Å². The molecule has 0 saturated heterocycles. The number of thiazole rings is 1. The van der Waals surface area contributed by atoms with Crippen molar-refractivity contribution in [1.29, 1.82) is 0 Å². The third-order valence-electron chi connectivity index (χ3n) is 3.51. The molecular formula is C18H16BrClN4O2S. The molecule has 0 aliphatic heterocycles. The van der Waals surface area contributed by atoms with E-state index < -0.39 is 0 Å². The van der Waals surface area contributed by atoms with E-state index in [9.17, 15) is 0 Å². The van der Waals surface area contributed by atoms with E-state index in [-0.39, 0.29) is 0 Å². The summed E-state index contributed by atoms with van der Waals surface area (Å²) >= 11 is 11.1. The molecule has 3 aromatic rings. The van der Waals surface area contributed by atoms with Crippen LogP contribution in [-0.4, -0.2) is 18.3 Å². The highest BCUT2D eigenvalue weighted by molar-refractivity contribution is 9.10. The lowest BCUT2D eigenvalue weighted by atomic mass is 10.2. The van der Waals surface area contributed by atoms with Crippen LogP contribution in [0.4, 0.5) is 10.9 Å². The van der Waals surface area contributed by atoms with Crippen LogP contribution in [0, 0.1) is 0 Å². The second-order valence-electron chi connectivity index (χ2n) is 5.35. The maximum Gasteiger partial charge on any atom is 0.205 e. The first-order valence-corrected chi connectivity index (χ1v) is 9.85. The van der Waals surface area contributed by atoms with Crippen molar-refractivity contribution in [2.75, 3.05) is 18.3 Å². The molecule has 0 spiro atoms. The fourth-order valence-electron chi connectivity index (χ4n) is 2.19. The Morgan fingerprint density at radius 3 is 2.85 bits per heavy atom. The van der Waals surface area contributed by atoms with E-state index in [1.54, 1.807) is 18.7 Å². The van der Waals surface area contributed by atoms with E-state index in [0.29, 0.717) is 34.1 Å². The number of rotatable bonds is 7. The Balaban J connectivity index is 1.73. The summed E-state index contributed by atoms with van der Waals surface area (Å²) in [7, 11) is 1.59. The Kier molecular flexibility index (Phi) is 6.54. The van der Waals surface area contributed by atoms with Crippen LogP contribution in [0.25, 0.3) is 0 Å². The van der Waals surface area contributed by atoms with Crippen LogP contribution >= 0.6 is 38.9 Å². The van der Waals surface area contributed by atoms with Gasteiger partial charge in [-0.25, -0.2) is 4.98 Å². The normalized spacial score (nSPS) is 10.9. The molecule has 0 bridgehead atoms. The van der Waals surface area contributed by atoms with E-state index in [1.807, 2.05) is 36.4 Å². The molecule has 1 heterocycles. The standard InChI is InChI=1S/C18H16BrClN4O2S/c1-25-15-6-12(8-22-24-18-23-17(21)10-27-18)13(19)7-16(15)26-9-11-4-2-3-5-14(11)20/h2-8,10H,9,21H2,1H3,(H,23,24). The van der Waals surface area contributed by atoms with Gasteiger partial charge in [-0.3, -0.25) is 5.43 Å². The minimum absolute atomic E-state index is 0.336. The number of hydrogen-bond acceptors (Lipinski definition) is 7. The monoisotopic (exact) mass is 466 g/mol. The average molecular weight is 468 g/mol. The zero-order chi connectivity index (χ0) is 19.2. The van der Waals surface area contributed by atoms with Gasteiger partial charge in [0.15, 0.2) is 11.5 Å². The van der Waals surface area contributed by atoms with Gasteiger partial charge in [0.2, 0.25) is 5.13 Å². The number of anilines is 2. The van der Waals surface area contributed by atoms with Crippen LogP contribution in [0.15, 0.2) is 51.4 Å². The third kappa shape index (κ3) is 5.12. The number of methoxy groups -OCH3 is 1. The molecule has 140 valence electrons. The van der Waals surface area contributed by atoms with Gasteiger partial charge >= 0.3 is 0 Å². The summed E-state index contributed by atoms with van der Waals surface area (Å²) in [5.74, 6) is 1.65. The van der Waals surface area contributed by atoms with Gasteiger partial charge in [0.25, 0.3) is 0 Å². The highest BCUT2D eigenvalue weighted by Crippen LogP contribution is 2.34. The molecule has 27 heavy (non-hydrogen) atoms. The molecule has 6 nitrogen and oxygen atoms in total. The molecule has 0 aliphatic rings. The molecule has 1 aromatic heterocycles. The van der Waals surface area contributed by atoms with E-state index in [4.69, 9.17) is 26.8 Å². The molecular weight excluding hydrogens is 452 g/mol. The smallest absolute Gasteiger partial charge is 0.205 e. The van der Waals surface area contributed by atoms with Crippen LogP contribution in [0.1, 0.15) is 11.1 Å². The number of benzene rings is 2. The quantitative estimate of drug-likeness (QED) is 0.370. The first-order chi connectivity index (χ1) is 13.1. The van der Waals surface area contributed by atoms with Crippen molar-refractivity contribution in [1.82, 2.24) is 4.98 Å². The number of halogens is 2. The van der Waals surface area contributed by atoms with Gasteiger partial charge in [-0.2, -0.15) is 5.10 Å². The molecule has 0 unspecified atom stereocenters. The lowest BCUT2D eigenvalue weighted by molar-refractivity contribution is 0.284. The van der Waals surface area contributed by atoms with Crippen molar-refractivity contribution in [3.05, 3.63) is 62.4 Å². The zero-order valence-electron chi connectivity index (χ0n) is 14.3. The zero-order valence-corrected chi connectivity index (χ0v) is 17.4. The number of aromatic nitrogens is 1. The van der Waals surface area contributed by atoms with Crippen LogP contribution in [0.5, 0.6) is 11.5 Å². The summed E-state index contributed by atoms with van der Waals surface area (Å²) in [5.41, 5.74) is 10.1. The Morgan fingerprint density at radius 1 is 1.33 bits per heavy atom. The summed E-state index contributed by atoms with van der Waals surface area (Å²) < 4.78 is 12.1. The largest absolute Gasteiger partial charge is 0.493 e. The van der Waals surface area contributed by atoms with Gasteiger partial charge in [0.05, 0.1) is 13.3 Å². The number of ether oxygens (including phenoxy) is 2. The minimum Gasteiger partial charge on any atom is -0.493 e. The second-order valence-corrected chi connectivity index (χ2v) is 7.47. The average Bonchev–Trinajstić information content (AvgIpc) is 3.07. The van der Waals surface area contributed by atoms with Crippen LogP contribution in [0.2, 0.25) is 5.02 Å². The number of nitrogens with one attached hydrogen (secondary N) is 1. The van der Waals surface area contributed by atoms with Gasteiger partial charge in [-0.1, -0.05) is 29.8 Å². The van der Waals surface area contributed by atoms with Gasteiger partial charge in [-0.05, 0) is 34.1 Å². The summed E-state index contributed by atoms with van der Waals surface area (Å²) in [5, 5.41) is 7.19. The predicted molar refractivity (Wildman–Crippen MR) is 114 cm³/mol. The first-order valence-electron chi connectivity index (χ1n) is 7.80. The maximum atomic E-state index is 6.17. The fraction of sp³-hybridized carbons (Fsp3) is 0.111. The Labute approximate surface area is 174 Å². The maximum absolute atomic E-state index is 6.17. The molecule has 0 amide bonds. The van der Waals surface area contributed by atoms with Crippen molar-refractivity contribution in [2.45, 2.75) is 6.61 Å². The SMILES string of the molecule is COc1cc(C=NNc2nc(N)cs2)c(Br)cc1OCc1ccccc1Cl. The highest BCUT2D eigenvalue weighted by Gasteiger charge is 2.10. The molecule has 3 rings (SSSR count). The molecule has 9 heteroatoms. The summed E-state index contributed by atoms with van der Waals surface area (Å²) in [6.45, 7) is 0.336. The molecule has 0 radical (unpaired) electrons. The van der Waals surface area contributed by atoms with Gasteiger partial charge < -0.3 is 15.2 Å². The van der Waals surface area contributed by atoms with E-state index >= 15 is 0 Å². The molecule has 3 N–H and O–H groups in total. The number of hydrazone groups is 1. The first kappa shape index (κ1) is 19.5. The van der Waals surface area contributed by atoms with Crippen LogP contribution < -0.4 is 20.6 Å². The molecule has 0 atom stereocenters. The Morgan fingerprint density at radius 2 is 2.15 bits per heavy atom. The second kappa shape index (κ2) is 9.07. The number of nitrogen functional groups attached to an aromatic ring is 1. The van der Waals surface area contributed by atoms with Crippen molar-refractivity contribution in [3.8, 4) is 11.5 Å². The van der Waals surface area contributed by atoms with Crippen molar-refractivity contribution in [3.63, 3.8) is 0 Å². The minimum atomic E-state index is 0.336. The summed E-state index contributed by atoms with van der Waals surface area (Å²) in [6, 6.07) is 11.2. The predicted octanol–water partition coefficient (Wildman–Crippen LogP) is 5.17. The Hall–Kier alpha value is -2.29. The van der Waals surface area contributed by atoms with Gasteiger partial charge in [0, 0.05) is 26.0 Å². The highest BCUT2D eigenvalue weighted by atomic mass is 79.9. The number of nitrogens with two attached hydrogens (primary N) is 1. The summed E-state index contributed by atoms with van der Waals surface area (Å²) in [4.78, 5) is 4.08. The van der Waals surface area contributed by atoms with Gasteiger partial charge in [-0.15, -0.1) is 11.3 Å². The van der Waals surface area contributed by atoms with Crippen molar-refractivity contribution < 1.29 is 9.47 Å². The number of hydrogen-bond donors (Lipinski definition) is 2. The molecule has 0 saturated carbocycles. The van der Waals surface area contributed by atoms with Crippen molar-refractivity contribution >= 4 is 56.0 Å². The molecule has 0 fully saturated rings.